The molecule has 4 heterocycles. The Morgan fingerprint density at radius 1 is 1.08 bits per heavy atom. The first-order chi connectivity index (χ1) is 12.7. The van der Waals surface area contributed by atoms with Gasteiger partial charge in [0.25, 0.3) is 0 Å². The summed E-state index contributed by atoms with van der Waals surface area (Å²) in [5.41, 5.74) is 1.16. The summed E-state index contributed by atoms with van der Waals surface area (Å²) >= 11 is 1.70. The molecule has 26 heavy (non-hydrogen) atoms. The summed E-state index contributed by atoms with van der Waals surface area (Å²) in [5, 5.41) is 2.05. The van der Waals surface area contributed by atoms with Crippen LogP contribution < -0.4 is 0 Å². The van der Waals surface area contributed by atoms with Crippen molar-refractivity contribution in [3.05, 3.63) is 58.3 Å². The van der Waals surface area contributed by atoms with Gasteiger partial charge in [0.05, 0.1) is 5.92 Å². The smallest absolute Gasteiger partial charge is 0.228 e. The number of amides is 2. The second-order valence-electron chi connectivity index (χ2n) is 7.26. The zero-order valence-electron chi connectivity index (χ0n) is 14.8. The summed E-state index contributed by atoms with van der Waals surface area (Å²) in [4.78, 5) is 30.9. The first kappa shape index (κ1) is 17.3. The fourth-order valence-electron chi connectivity index (χ4n) is 4.08. The minimum Gasteiger partial charge on any atom is -0.340 e. The summed E-state index contributed by atoms with van der Waals surface area (Å²) in [6.07, 6.45) is 3.23. The molecule has 0 N–H and O–H groups in total. The van der Waals surface area contributed by atoms with Gasteiger partial charge in [-0.1, -0.05) is 36.4 Å². The van der Waals surface area contributed by atoms with E-state index in [-0.39, 0.29) is 23.8 Å². The van der Waals surface area contributed by atoms with Crippen LogP contribution in [0.4, 0.5) is 0 Å². The molecule has 4 nitrogen and oxygen atoms in total. The lowest BCUT2D eigenvalue weighted by Crippen LogP contribution is -2.47. The first-order valence-corrected chi connectivity index (χ1v) is 10.2. The molecule has 1 aromatic heterocycles. The molecule has 1 aromatic carbocycles. The highest BCUT2D eigenvalue weighted by molar-refractivity contribution is 7.09. The average Bonchev–Trinajstić information content (AvgIpc) is 3.04. The van der Waals surface area contributed by atoms with Crippen molar-refractivity contribution in [3.63, 3.8) is 0 Å². The third-order valence-electron chi connectivity index (χ3n) is 5.51. The maximum absolute atomic E-state index is 12.9. The van der Waals surface area contributed by atoms with Gasteiger partial charge >= 0.3 is 0 Å². The van der Waals surface area contributed by atoms with Gasteiger partial charge in [-0.15, -0.1) is 11.3 Å². The quantitative estimate of drug-likeness (QED) is 0.812. The van der Waals surface area contributed by atoms with Gasteiger partial charge in [-0.2, -0.15) is 0 Å². The zero-order valence-corrected chi connectivity index (χ0v) is 15.7. The van der Waals surface area contributed by atoms with Crippen LogP contribution in [0.25, 0.3) is 0 Å². The number of carbonyl (C=O) groups is 2. The summed E-state index contributed by atoms with van der Waals surface area (Å²) in [6, 6.07) is 14.4. The second kappa shape index (κ2) is 7.62. The summed E-state index contributed by atoms with van der Waals surface area (Å²) in [6.45, 7) is 1.92. The largest absolute Gasteiger partial charge is 0.340 e. The van der Waals surface area contributed by atoms with Gasteiger partial charge in [-0.25, -0.2) is 0 Å². The molecule has 2 aromatic rings. The topological polar surface area (TPSA) is 40.6 Å². The van der Waals surface area contributed by atoms with Crippen LogP contribution in [0.5, 0.6) is 0 Å². The summed E-state index contributed by atoms with van der Waals surface area (Å²) in [7, 11) is 0. The first-order valence-electron chi connectivity index (χ1n) is 9.35. The van der Waals surface area contributed by atoms with E-state index in [1.54, 1.807) is 11.3 Å². The molecule has 3 fully saturated rings. The third-order valence-corrected chi connectivity index (χ3v) is 6.44. The van der Waals surface area contributed by atoms with Crippen LogP contribution in [0.15, 0.2) is 47.8 Å². The molecule has 0 saturated carbocycles. The van der Waals surface area contributed by atoms with Crippen LogP contribution in [0, 0.1) is 5.92 Å². The van der Waals surface area contributed by atoms with Crippen molar-refractivity contribution in [1.29, 1.82) is 0 Å². The van der Waals surface area contributed by atoms with E-state index in [9.17, 15) is 9.59 Å². The predicted octanol–water partition coefficient (Wildman–Crippen LogP) is 3.33. The lowest BCUT2D eigenvalue weighted by Gasteiger charge is -2.36. The Kier molecular flexibility index (Phi) is 5.07. The molecule has 0 aliphatic carbocycles. The van der Waals surface area contributed by atoms with E-state index in [1.807, 2.05) is 39.4 Å². The van der Waals surface area contributed by atoms with Gasteiger partial charge in [0.1, 0.15) is 0 Å². The number of aryl methyl sites for hydroxylation is 1. The summed E-state index contributed by atoms with van der Waals surface area (Å²) < 4.78 is 0. The highest BCUT2D eigenvalue weighted by Gasteiger charge is 2.41. The monoisotopic (exact) mass is 368 g/mol. The van der Waals surface area contributed by atoms with Crippen LogP contribution in [-0.2, 0) is 22.6 Å². The Bertz CT molecular complexity index is 760. The minimum absolute atomic E-state index is 0.0387. The van der Waals surface area contributed by atoms with Gasteiger partial charge in [0.15, 0.2) is 0 Å². The van der Waals surface area contributed by atoms with Crippen LogP contribution in [0.3, 0.4) is 0 Å². The van der Waals surface area contributed by atoms with Crippen molar-refractivity contribution >= 4 is 23.2 Å². The minimum atomic E-state index is -0.0387. The number of piperidine rings is 1. The number of hydrogen-bond acceptors (Lipinski definition) is 3. The Morgan fingerprint density at radius 3 is 2.69 bits per heavy atom. The molecular formula is C21H24N2O2S. The standard InChI is InChI=1S/C21H24N2O2S/c24-20(11-10-19-7-4-12-26-19)22-14-17-8-9-18(15-22)23(21(17)25)13-16-5-2-1-3-6-16/h1-7,12,17-18H,8-11,13-15H2. The third kappa shape index (κ3) is 3.68. The molecule has 3 aliphatic rings. The van der Waals surface area contributed by atoms with Crippen LogP contribution in [-0.4, -0.2) is 40.7 Å². The molecule has 0 spiro atoms. The average molecular weight is 369 g/mol. The number of nitrogens with zero attached hydrogens (tertiary/aromatic N) is 2. The van der Waals surface area contributed by atoms with Crippen LogP contribution >= 0.6 is 11.3 Å². The molecule has 2 unspecified atom stereocenters. The van der Waals surface area contributed by atoms with E-state index < -0.39 is 0 Å². The number of fused-ring (bicyclic) bond motifs is 4. The van der Waals surface area contributed by atoms with Crippen molar-refractivity contribution in [1.82, 2.24) is 9.80 Å². The Morgan fingerprint density at radius 2 is 1.92 bits per heavy atom. The van der Waals surface area contributed by atoms with Crippen LogP contribution in [0.1, 0.15) is 29.7 Å². The highest BCUT2D eigenvalue weighted by atomic mass is 32.1. The van der Waals surface area contributed by atoms with Crippen molar-refractivity contribution < 1.29 is 9.59 Å². The van der Waals surface area contributed by atoms with Gasteiger partial charge in [0, 0.05) is 37.0 Å². The van der Waals surface area contributed by atoms with Gasteiger partial charge in [0.2, 0.25) is 11.8 Å². The van der Waals surface area contributed by atoms with E-state index in [2.05, 4.69) is 18.2 Å². The van der Waals surface area contributed by atoms with Gasteiger partial charge < -0.3 is 9.80 Å². The molecule has 136 valence electrons. The number of rotatable bonds is 5. The zero-order chi connectivity index (χ0) is 17.9. The van der Waals surface area contributed by atoms with Crippen molar-refractivity contribution in [2.24, 2.45) is 5.92 Å². The lowest BCUT2D eigenvalue weighted by molar-refractivity contribution is -0.140. The Hall–Kier alpha value is -2.14. The van der Waals surface area contributed by atoms with E-state index >= 15 is 0 Å². The van der Waals surface area contributed by atoms with Crippen molar-refractivity contribution in [2.75, 3.05) is 13.1 Å². The second-order valence-corrected chi connectivity index (χ2v) is 8.29. The Labute approximate surface area is 158 Å². The molecule has 0 radical (unpaired) electrons. The van der Waals surface area contributed by atoms with E-state index in [0.29, 0.717) is 26.1 Å². The van der Waals surface area contributed by atoms with Crippen molar-refractivity contribution in [3.8, 4) is 0 Å². The highest BCUT2D eigenvalue weighted by Crippen LogP contribution is 2.30. The molecule has 2 bridgehead atoms. The predicted molar refractivity (Wildman–Crippen MR) is 103 cm³/mol. The van der Waals surface area contributed by atoms with E-state index in [1.165, 1.54) is 4.88 Å². The maximum Gasteiger partial charge on any atom is 0.228 e. The Balaban J connectivity index is 1.43. The lowest BCUT2D eigenvalue weighted by atomic mass is 9.93. The molecule has 3 saturated heterocycles. The fraction of sp³-hybridized carbons (Fsp3) is 0.429. The molecule has 5 rings (SSSR count). The van der Waals surface area contributed by atoms with Gasteiger partial charge in [-0.3, -0.25) is 9.59 Å². The van der Waals surface area contributed by atoms with Gasteiger partial charge in [-0.05, 0) is 36.3 Å². The van der Waals surface area contributed by atoms with E-state index in [0.717, 1.165) is 24.8 Å². The molecule has 3 aliphatic heterocycles. The normalized spacial score (nSPS) is 22.5. The van der Waals surface area contributed by atoms with Crippen LogP contribution in [0.2, 0.25) is 0 Å². The van der Waals surface area contributed by atoms with E-state index in [4.69, 9.17) is 0 Å². The number of hydrogen-bond donors (Lipinski definition) is 0. The molecule has 2 amide bonds. The fourth-order valence-corrected chi connectivity index (χ4v) is 4.78. The molecule has 2 atom stereocenters. The maximum atomic E-state index is 12.9. The number of benzene rings is 1. The van der Waals surface area contributed by atoms with Crippen molar-refractivity contribution in [2.45, 2.75) is 38.3 Å². The summed E-state index contributed by atoms with van der Waals surface area (Å²) in [5.74, 6) is 0.367. The number of thiophene rings is 1. The molecular weight excluding hydrogens is 344 g/mol. The number of carbonyl (C=O) groups excluding carboxylic acids is 2. The SMILES string of the molecule is O=C(CCc1cccs1)N1CC2CCC(C1)N(Cc1ccccc1)C2=O. The molecule has 5 heteroatoms.